The molecule has 0 radical (unpaired) electrons. The van der Waals surface area contributed by atoms with Crippen LogP contribution in [0, 0.1) is 5.82 Å². The van der Waals surface area contributed by atoms with Gasteiger partial charge in [-0.05, 0) is 56.5 Å². The molecule has 0 bridgehead atoms. The SMILES string of the molecule is CCC(C(=O)NC(C)(C)C)N(Cc1ccccc1Cl)C(=O)CSCc1ccc(F)cc1. The summed E-state index contributed by atoms with van der Waals surface area (Å²) in [6.07, 6.45) is 0.487. The number of halogens is 2. The Morgan fingerprint density at radius 1 is 1.13 bits per heavy atom. The lowest BCUT2D eigenvalue weighted by atomic mass is 10.1. The normalized spacial score (nSPS) is 12.3. The quantitative estimate of drug-likeness (QED) is 0.538. The summed E-state index contributed by atoms with van der Waals surface area (Å²) in [6, 6.07) is 13.0. The lowest BCUT2D eigenvalue weighted by Crippen LogP contribution is -2.53. The van der Waals surface area contributed by atoms with Gasteiger partial charge in [0, 0.05) is 22.9 Å². The molecule has 0 aliphatic heterocycles. The third-order valence-corrected chi connectivity index (χ3v) is 5.95. The van der Waals surface area contributed by atoms with Gasteiger partial charge in [0.1, 0.15) is 11.9 Å². The molecule has 2 rings (SSSR count). The molecule has 0 spiro atoms. The van der Waals surface area contributed by atoms with Gasteiger partial charge < -0.3 is 10.2 Å². The molecule has 0 aliphatic carbocycles. The number of carbonyl (C=O) groups excluding carboxylic acids is 2. The van der Waals surface area contributed by atoms with Crippen molar-refractivity contribution in [3.05, 3.63) is 70.5 Å². The van der Waals surface area contributed by atoms with E-state index in [1.165, 1.54) is 23.9 Å². The first-order valence-corrected chi connectivity index (χ1v) is 11.8. The van der Waals surface area contributed by atoms with Gasteiger partial charge >= 0.3 is 0 Å². The molecule has 2 aromatic rings. The fourth-order valence-electron chi connectivity index (χ4n) is 3.10. The van der Waals surface area contributed by atoms with Crippen molar-refractivity contribution in [2.75, 3.05) is 5.75 Å². The van der Waals surface area contributed by atoms with Gasteiger partial charge in [-0.25, -0.2) is 4.39 Å². The van der Waals surface area contributed by atoms with Gasteiger partial charge in [0.2, 0.25) is 11.8 Å². The molecule has 1 unspecified atom stereocenters. The maximum atomic E-state index is 13.2. The topological polar surface area (TPSA) is 49.4 Å². The molecular weight excluding hydrogens is 435 g/mol. The Morgan fingerprint density at radius 2 is 1.77 bits per heavy atom. The summed E-state index contributed by atoms with van der Waals surface area (Å²) in [5, 5.41) is 3.55. The van der Waals surface area contributed by atoms with Crippen molar-refractivity contribution in [2.45, 2.75) is 58.0 Å². The van der Waals surface area contributed by atoms with Crippen molar-refractivity contribution in [3.8, 4) is 0 Å². The van der Waals surface area contributed by atoms with Gasteiger partial charge in [0.05, 0.1) is 5.75 Å². The molecule has 0 fully saturated rings. The number of rotatable bonds is 9. The minimum Gasteiger partial charge on any atom is -0.350 e. The van der Waals surface area contributed by atoms with Crippen LogP contribution in [-0.4, -0.2) is 34.0 Å². The molecule has 7 heteroatoms. The second kappa shape index (κ2) is 11.5. The Morgan fingerprint density at radius 3 is 2.35 bits per heavy atom. The summed E-state index contributed by atoms with van der Waals surface area (Å²) >= 11 is 7.77. The van der Waals surface area contributed by atoms with Crippen molar-refractivity contribution in [1.29, 1.82) is 0 Å². The number of hydrogen-bond acceptors (Lipinski definition) is 3. The minimum absolute atomic E-state index is 0.136. The number of thioether (sulfide) groups is 1. The summed E-state index contributed by atoms with van der Waals surface area (Å²) in [5.74, 6) is 0.186. The molecule has 2 aromatic carbocycles. The van der Waals surface area contributed by atoms with E-state index in [4.69, 9.17) is 11.6 Å². The number of benzene rings is 2. The average Bonchev–Trinajstić information content (AvgIpc) is 2.69. The molecule has 0 aromatic heterocycles. The number of nitrogens with one attached hydrogen (secondary N) is 1. The molecule has 2 amide bonds. The molecule has 1 atom stereocenters. The fraction of sp³-hybridized carbons (Fsp3) is 0.417. The van der Waals surface area contributed by atoms with Crippen LogP contribution in [0.3, 0.4) is 0 Å². The van der Waals surface area contributed by atoms with Crippen molar-refractivity contribution < 1.29 is 14.0 Å². The van der Waals surface area contributed by atoms with E-state index >= 15 is 0 Å². The van der Waals surface area contributed by atoms with Crippen LogP contribution in [0.4, 0.5) is 4.39 Å². The second-order valence-corrected chi connectivity index (χ2v) is 9.79. The van der Waals surface area contributed by atoms with Gasteiger partial charge in [0.25, 0.3) is 0 Å². The number of nitrogens with zero attached hydrogens (tertiary/aromatic N) is 1. The first kappa shape index (κ1) is 25.2. The van der Waals surface area contributed by atoms with Crippen molar-refractivity contribution in [1.82, 2.24) is 10.2 Å². The van der Waals surface area contributed by atoms with Gasteiger partial charge in [-0.2, -0.15) is 0 Å². The molecule has 4 nitrogen and oxygen atoms in total. The standard InChI is InChI=1S/C24H30ClFN2O2S/c1-5-21(23(30)27-24(2,3)4)28(14-18-8-6-7-9-20(18)25)22(29)16-31-15-17-10-12-19(26)13-11-17/h6-13,21H,5,14-16H2,1-4H3,(H,27,30). The summed E-state index contributed by atoms with van der Waals surface area (Å²) in [4.78, 5) is 27.8. The lowest BCUT2D eigenvalue weighted by Gasteiger charge is -2.33. The van der Waals surface area contributed by atoms with E-state index in [0.29, 0.717) is 17.2 Å². The molecule has 1 N–H and O–H groups in total. The van der Waals surface area contributed by atoms with Crippen LogP contribution in [-0.2, 0) is 21.9 Å². The Labute approximate surface area is 193 Å². The van der Waals surface area contributed by atoms with Crippen LogP contribution in [0.1, 0.15) is 45.2 Å². The molecule has 0 saturated carbocycles. The number of hydrogen-bond donors (Lipinski definition) is 1. The van der Waals surface area contributed by atoms with Gasteiger partial charge in [-0.3, -0.25) is 9.59 Å². The molecule has 31 heavy (non-hydrogen) atoms. The van der Waals surface area contributed by atoms with Crippen LogP contribution in [0.25, 0.3) is 0 Å². The summed E-state index contributed by atoms with van der Waals surface area (Å²) in [5.41, 5.74) is 1.33. The van der Waals surface area contributed by atoms with Gasteiger partial charge in [0.15, 0.2) is 0 Å². The van der Waals surface area contributed by atoms with E-state index in [9.17, 15) is 14.0 Å². The fourth-order valence-corrected chi connectivity index (χ4v) is 4.17. The Bertz CT molecular complexity index is 884. The average molecular weight is 465 g/mol. The Balaban J connectivity index is 2.16. The smallest absolute Gasteiger partial charge is 0.243 e. The van der Waals surface area contributed by atoms with E-state index < -0.39 is 11.6 Å². The van der Waals surface area contributed by atoms with Crippen molar-refractivity contribution in [2.24, 2.45) is 0 Å². The predicted molar refractivity (Wildman–Crippen MR) is 127 cm³/mol. The van der Waals surface area contributed by atoms with E-state index in [2.05, 4.69) is 5.32 Å². The van der Waals surface area contributed by atoms with Crippen LogP contribution < -0.4 is 5.32 Å². The highest BCUT2D eigenvalue weighted by molar-refractivity contribution is 7.99. The third kappa shape index (κ3) is 8.19. The second-order valence-electron chi connectivity index (χ2n) is 8.40. The zero-order valence-electron chi connectivity index (χ0n) is 18.5. The largest absolute Gasteiger partial charge is 0.350 e. The number of carbonyl (C=O) groups is 2. The number of amides is 2. The zero-order valence-corrected chi connectivity index (χ0v) is 20.0. The van der Waals surface area contributed by atoms with Crippen molar-refractivity contribution >= 4 is 35.2 Å². The molecular formula is C24H30ClFN2O2S. The van der Waals surface area contributed by atoms with Crippen molar-refractivity contribution in [3.63, 3.8) is 0 Å². The first-order chi connectivity index (χ1) is 14.6. The van der Waals surface area contributed by atoms with Crippen LogP contribution in [0.2, 0.25) is 5.02 Å². The van der Waals surface area contributed by atoms with Gasteiger partial charge in [-0.15, -0.1) is 11.8 Å². The molecule has 0 saturated heterocycles. The molecule has 168 valence electrons. The van der Waals surface area contributed by atoms with Crippen LogP contribution in [0.15, 0.2) is 48.5 Å². The molecule has 0 aliphatic rings. The van der Waals surface area contributed by atoms with Crippen LogP contribution in [0.5, 0.6) is 0 Å². The third-order valence-electron chi connectivity index (χ3n) is 4.59. The summed E-state index contributed by atoms with van der Waals surface area (Å²) in [7, 11) is 0. The maximum Gasteiger partial charge on any atom is 0.243 e. The van der Waals surface area contributed by atoms with E-state index in [-0.39, 0.29) is 29.9 Å². The van der Waals surface area contributed by atoms with E-state index in [1.54, 1.807) is 23.1 Å². The Hall–Kier alpha value is -2.05. The summed E-state index contributed by atoms with van der Waals surface area (Å²) in [6.45, 7) is 7.89. The first-order valence-electron chi connectivity index (χ1n) is 10.3. The summed E-state index contributed by atoms with van der Waals surface area (Å²) < 4.78 is 13.1. The molecule has 0 heterocycles. The highest BCUT2D eigenvalue weighted by Gasteiger charge is 2.30. The van der Waals surface area contributed by atoms with E-state index in [0.717, 1.165) is 11.1 Å². The lowest BCUT2D eigenvalue weighted by molar-refractivity contribution is -0.140. The highest BCUT2D eigenvalue weighted by Crippen LogP contribution is 2.22. The van der Waals surface area contributed by atoms with E-state index in [1.807, 2.05) is 45.9 Å². The highest BCUT2D eigenvalue weighted by atomic mass is 35.5. The maximum absolute atomic E-state index is 13.2. The minimum atomic E-state index is -0.602. The zero-order chi connectivity index (χ0) is 23.0. The monoisotopic (exact) mass is 464 g/mol. The van der Waals surface area contributed by atoms with Gasteiger partial charge in [-0.1, -0.05) is 48.9 Å². The predicted octanol–water partition coefficient (Wildman–Crippen LogP) is 5.43. The van der Waals surface area contributed by atoms with Crippen LogP contribution >= 0.6 is 23.4 Å². The Kier molecular flexibility index (Phi) is 9.38.